The zero-order chi connectivity index (χ0) is 9.71. The highest BCUT2D eigenvalue weighted by molar-refractivity contribution is 5.55. The monoisotopic (exact) mass is 194 g/mol. The Labute approximate surface area is 84.7 Å². The van der Waals surface area contributed by atoms with Gasteiger partial charge in [0.25, 0.3) is 0 Å². The molecule has 0 aromatic heterocycles. The van der Waals surface area contributed by atoms with Crippen LogP contribution in [0.1, 0.15) is 32.1 Å². The molecule has 0 heterocycles. The molecule has 0 saturated heterocycles. The highest BCUT2D eigenvalue weighted by Crippen LogP contribution is 2.52. The van der Waals surface area contributed by atoms with Crippen molar-refractivity contribution in [2.24, 2.45) is 29.6 Å². The van der Waals surface area contributed by atoms with Crippen LogP contribution < -0.4 is 0 Å². The third-order valence-electron chi connectivity index (χ3n) is 4.79. The molecule has 2 nitrogen and oxygen atoms in total. The smallest absolute Gasteiger partial charge is 0.125 e. The molecule has 0 amide bonds. The molecule has 78 valence electrons. The van der Waals surface area contributed by atoms with Gasteiger partial charge in [0.1, 0.15) is 6.29 Å². The molecule has 0 aliphatic heterocycles. The van der Waals surface area contributed by atoms with E-state index in [0.29, 0.717) is 11.8 Å². The number of carbonyl (C=O) groups excluding carboxylic acids is 1. The number of fused-ring (bicyclic) bond motifs is 1. The average Bonchev–Trinajstić information content (AvgIpc) is 2.29. The number of carbonyl (C=O) groups is 1. The van der Waals surface area contributed by atoms with E-state index in [0.717, 1.165) is 18.1 Å². The quantitative estimate of drug-likeness (QED) is 0.644. The molecule has 4 aliphatic rings. The van der Waals surface area contributed by atoms with E-state index < -0.39 is 0 Å². The lowest BCUT2D eigenvalue weighted by Gasteiger charge is -2.38. The van der Waals surface area contributed by atoms with Crippen molar-refractivity contribution in [3.8, 4) is 0 Å². The first kappa shape index (κ1) is 8.90. The zero-order valence-corrected chi connectivity index (χ0v) is 8.43. The third-order valence-corrected chi connectivity index (χ3v) is 4.79. The minimum absolute atomic E-state index is 0.0460. The number of aldehydes is 1. The number of aliphatic hydroxyl groups excluding tert-OH is 1. The summed E-state index contributed by atoms with van der Waals surface area (Å²) < 4.78 is 0. The van der Waals surface area contributed by atoms with Crippen molar-refractivity contribution in [2.75, 3.05) is 0 Å². The summed E-state index contributed by atoms with van der Waals surface area (Å²) in [6, 6.07) is 0. The van der Waals surface area contributed by atoms with E-state index in [-0.39, 0.29) is 12.0 Å². The minimum atomic E-state index is -0.326. The van der Waals surface area contributed by atoms with Gasteiger partial charge in [-0.25, -0.2) is 0 Å². The van der Waals surface area contributed by atoms with Crippen molar-refractivity contribution in [3.63, 3.8) is 0 Å². The zero-order valence-electron chi connectivity index (χ0n) is 8.43. The molecular weight excluding hydrogens is 176 g/mol. The maximum Gasteiger partial charge on any atom is 0.125 e. The summed E-state index contributed by atoms with van der Waals surface area (Å²) in [5, 5.41) is 10.1. The van der Waals surface area contributed by atoms with E-state index in [1.807, 2.05) is 0 Å². The maximum atomic E-state index is 11.0. The van der Waals surface area contributed by atoms with Crippen LogP contribution in [0.5, 0.6) is 0 Å². The van der Waals surface area contributed by atoms with E-state index in [9.17, 15) is 9.90 Å². The lowest BCUT2D eigenvalue weighted by Crippen LogP contribution is -2.31. The third kappa shape index (κ3) is 1.16. The topological polar surface area (TPSA) is 37.3 Å². The van der Waals surface area contributed by atoms with Gasteiger partial charge in [0.15, 0.2) is 0 Å². The Bertz CT molecular complexity index is 237. The van der Waals surface area contributed by atoms with Gasteiger partial charge in [0.2, 0.25) is 0 Å². The van der Waals surface area contributed by atoms with Crippen LogP contribution in [-0.4, -0.2) is 17.5 Å². The van der Waals surface area contributed by atoms with Crippen LogP contribution in [0.3, 0.4) is 0 Å². The predicted octanol–water partition coefficient (Wildman–Crippen LogP) is 1.62. The van der Waals surface area contributed by atoms with Crippen molar-refractivity contribution in [2.45, 2.75) is 38.2 Å². The Kier molecular flexibility index (Phi) is 1.94. The van der Waals surface area contributed by atoms with Gasteiger partial charge >= 0.3 is 0 Å². The van der Waals surface area contributed by atoms with E-state index in [2.05, 4.69) is 0 Å². The van der Waals surface area contributed by atoms with E-state index >= 15 is 0 Å². The number of hydrogen-bond donors (Lipinski definition) is 1. The van der Waals surface area contributed by atoms with E-state index in [1.54, 1.807) is 0 Å². The summed E-state index contributed by atoms with van der Waals surface area (Å²) in [6.45, 7) is 0. The molecule has 4 rings (SSSR count). The fraction of sp³-hybridized carbons (Fsp3) is 0.917. The van der Waals surface area contributed by atoms with Crippen LogP contribution in [0, 0.1) is 29.6 Å². The summed E-state index contributed by atoms with van der Waals surface area (Å²) in [7, 11) is 0. The first-order chi connectivity index (χ1) is 6.78. The lowest BCUT2D eigenvalue weighted by molar-refractivity contribution is -0.117. The van der Waals surface area contributed by atoms with Crippen LogP contribution >= 0.6 is 0 Å². The van der Waals surface area contributed by atoms with Crippen LogP contribution in [0.4, 0.5) is 0 Å². The van der Waals surface area contributed by atoms with Crippen molar-refractivity contribution >= 4 is 6.29 Å². The number of aliphatic hydroxyl groups is 1. The van der Waals surface area contributed by atoms with Gasteiger partial charge in [-0.3, -0.25) is 0 Å². The fourth-order valence-electron chi connectivity index (χ4n) is 4.33. The first-order valence-electron chi connectivity index (χ1n) is 5.91. The molecular formula is C12H18O2. The highest BCUT2D eigenvalue weighted by Gasteiger charge is 2.47. The van der Waals surface area contributed by atoms with Crippen LogP contribution in [0.2, 0.25) is 0 Å². The summed E-state index contributed by atoms with van der Waals surface area (Å²) in [5.74, 6) is 2.52. The lowest BCUT2D eigenvalue weighted by atomic mass is 9.67. The molecule has 4 saturated carbocycles. The van der Waals surface area contributed by atoms with Crippen LogP contribution in [0.25, 0.3) is 0 Å². The molecule has 4 aliphatic carbocycles. The van der Waals surface area contributed by atoms with Gasteiger partial charge in [0, 0.05) is 5.92 Å². The Hall–Kier alpha value is -0.370. The number of rotatable bonds is 1. The summed E-state index contributed by atoms with van der Waals surface area (Å²) in [5.41, 5.74) is 0. The van der Waals surface area contributed by atoms with E-state index in [4.69, 9.17) is 0 Å². The largest absolute Gasteiger partial charge is 0.392 e. The standard InChI is InChI=1S/C12H18O2/c13-6-11-9-2-7-1-8(3-9)5-10(4-7)12(11)14/h6-12,14H,1-5H2. The molecule has 4 bridgehead atoms. The van der Waals surface area contributed by atoms with E-state index in [1.165, 1.54) is 32.1 Å². The van der Waals surface area contributed by atoms with Gasteiger partial charge in [-0.1, -0.05) is 0 Å². The SMILES string of the molecule is O=CC1C2CC3CC(CC(C3)C1O)C2. The molecule has 14 heavy (non-hydrogen) atoms. The molecule has 4 unspecified atom stereocenters. The number of hydrogen-bond acceptors (Lipinski definition) is 2. The van der Waals surface area contributed by atoms with Gasteiger partial charge < -0.3 is 9.90 Å². The van der Waals surface area contributed by atoms with Crippen molar-refractivity contribution in [1.29, 1.82) is 0 Å². The Balaban J connectivity index is 1.95. The molecule has 0 spiro atoms. The van der Waals surface area contributed by atoms with Crippen molar-refractivity contribution < 1.29 is 9.90 Å². The molecule has 2 heteroatoms. The van der Waals surface area contributed by atoms with Crippen LogP contribution in [-0.2, 0) is 4.79 Å². The van der Waals surface area contributed by atoms with Gasteiger partial charge in [-0.2, -0.15) is 0 Å². The van der Waals surface area contributed by atoms with Gasteiger partial charge in [0.05, 0.1) is 6.10 Å². The molecule has 4 fully saturated rings. The minimum Gasteiger partial charge on any atom is -0.392 e. The van der Waals surface area contributed by atoms with Gasteiger partial charge in [-0.15, -0.1) is 0 Å². The Morgan fingerprint density at radius 3 is 2.07 bits per heavy atom. The molecule has 0 aromatic carbocycles. The predicted molar refractivity (Wildman–Crippen MR) is 52.6 cm³/mol. The summed E-state index contributed by atoms with van der Waals surface area (Å²) >= 11 is 0. The molecule has 1 N–H and O–H groups in total. The second-order valence-electron chi connectivity index (χ2n) is 5.63. The molecule has 0 aromatic rings. The van der Waals surface area contributed by atoms with Crippen LogP contribution in [0.15, 0.2) is 0 Å². The maximum absolute atomic E-state index is 11.0. The summed E-state index contributed by atoms with van der Waals surface area (Å²) in [4.78, 5) is 11.0. The highest BCUT2D eigenvalue weighted by atomic mass is 16.3. The Morgan fingerprint density at radius 2 is 1.50 bits per heavy atom. The Morgan fingerprint density at radius 1 is 0.929 bits per heavy atom. The van der Waals surface area contributed by atoms with Crippen molar-refractivity contribution in [3.05, 3.63) is 0 Å². The molecule has 0 radical (unpaired) electrons. The normalized spacial score (nSPS) is 55.8. The second kappa shape index (κ2) is 3.06. The fourth-order valence-corrected chi connectivity index (χ4v) is 4.33. The second-order valence-corrected chi connectivity index (χ2v) is 5.63. The first-order valence-corrected chi connectivity index (χ1v) is 5.91. The molecule has 4 atom stereocenters. The average molecular weight is 194 g/mol. The summed E-state index contributed by atoms with van der Waals surface area (Å²) in [6.07, 6.45) is 6.83. The van der Waals surface area contributed by atoms with Crippen molar-refractivity contribution in [1.82, 2.24) is 0 Å². The van der Waals surface area contributed by atoms with Gasteiger partial charge in [-0.05, 0) is 55.8 Å².